The molecule has 1 aromatic heterocycles. The van der Waals surface area contributed by atoms with Crippen LogP contribution >= 0.6 is 22.9 Å². The van der Waals surface area contributed by atoms with Gasteiger partial charge in [-0.25, -0.2) is 4.98 Å². The number of nitrogens with zero attached hydrogens (tertiary/aromatic N) is 1. The highest BCUT2D eigenvalue weighted by atomic mass is 35.5. The first-order valence-electron chi connectivity index (χ1n) is 5.02. The van der Waals surface area contributed by atoms with Crippen molar-refractivity contribution >= 4 is 28.1 Å². The van der Waals surface area contributed by atoms with E-state index in [1.54, 1.807) is 12.3 Å². The Balaban J connectivity index is 2.11. The zero-order valence-electron chi connectivity index (χ0n) is 9.07. The zero-order chi connectivity index (χ0) is 13.0. The molecule has 0 amide bonds. The summed E-state index contributed by atoms with van der Waals surface area (Å²) < 4.78 is 28.9. The predicted octanol–water partition coefficient (Wildman–Crippen LogP) is 4.01. The van der Waals surface area contributed by atoms with Gasteiger partial charge >= 0.3 is 6.61 Å². The molecule has 3 nitrogen and oxygen atoms in total. The molecule has 0 saturated carbocycles. The number of aromatic nitrogens is 1. The van der Waals surface area contributed by atoms with E-state index in [2.05, 4.69) is 15.0 Å². The Hall–Kier alpha value is -1.40. The molecule has 0 aliphatic carbocycles. The molecule has 1 N–H and O–H groups in total. The van der Waals surface area contributed by atoms with E-state index in [1.165, 1.54) is 23.5 Å². The Bertz CT molecular complexity index is 508. The number of rotatable bonds is 5. The summed E-state index contributed by atoms with van der Waals surface area (Å²) in [5.41, 5.74) is 0.554. The van der Waals surface area contributed by atoms with Gasteiger partial charge in [0.2, 0.25) is 0 Å². The van der Waals surface area contributed by atoms with Crippen LogP contribution in [0.4, 0.5) is 13.9 Å². The van der Waals surface area contributed by atoms with Crippen LogP contribution in [0, 0.1) is 0 Å². The molecule has 0 aliphatic rings. The topological polar surface area (TPSA) is 34.1 Å². The summed E-state index contributed by atoms with van der Waals surface area (Å²) >= 11 is 7.25. The van der Waals surface area contributed by atoms with Gasteiger partial charge in [0.05, 0.1) is 0 Å². The van der Waals surface area contributed by atoms with Crippen molar-refractivity contribution in [2.75, 3.05) is 5.32 Å². The van der Waals surface area contributed by atoms with Crippen LogP contribution in [0.5, 0.6) is 5.75 Å². The van der Waals surface area contributed by atoms with Crippen LogP contribution in [0.25, 0.3) is 0 Å². The number of nitrogens with one attached hydrogen (secondary N) is 1. The summed E-state index contributed by atoms with van der Waals surface area (Å²) in [4.78, 5) is 4.03. The molecule has 0 fully saturated rings. The Morgan fingerprint density at radius 1 is 1.44 bits per heavy atom. The SMILES string of the molecule is FC(F)Oc1ccc(Cl)cc1CNc1nccs1. The molecule has 96 valence electrons. The number of hydrogen-bond donors (Lipinski definition) is 1. The molecule has 18 heavy (non-hydrogen) atoms. The fraction of sp³-hybridized carbons (Fsp3) is 0.182. The molecular formula is C11H9ClF2N2OS. The quantitative estimate of drug-likeness (QED) is 0.903. The van der Waals surface area contributed by atoms with Crippen molar-refractivity contribution in [2.24, 2.45) is 0 Å². The summed E-state index contributed by atoms with van der Waals surface area (Å²) in [5.74, 6) is 0.110. The zero-order valence-corrected chi connectivity index (χ0v) is 10.6. The first-order valence-corrected chi connectivity index (χ1v) is 6.27. The highest BCUT2D eigenvalue weighted by molar-refractivity contribution is 7.13. The maximum absolute atomic E-state index is 12.2. The van der Waals surface area contributed by atoms with E-state index in [0.29, 0.717) is 22.3 Å². The van der Waals surface area contributed by atoms with Crippen molar-refractivity contribution in [1.29, 1.82) is 0 Å². The fourth-order valence-electron chi connectivity index (χ4n) is 1.38. The maximum atomic E-state index is 12.2. The Morgan fingerprint density at radius 2 is 2.28 bits per heavy atom. The normalized spacial score (nSPS) is 10.7. The smallest absolute Gasteiger partial charge is 0.387 e. The van der Waals surface area contributed by atoms with E-state index in [9.17, 15) is 8.78 Å². The summed E-state index contributed by atoms with van der Waals surface area (Å²) in [6, 6.07) is 4.51. The molecule has 1 heterocycles. The molecule has 0 aliphatic heterocycles. The van der Waals surface area contributed by atoms with Crippen LogP contribution in [-0.2, 0) is 6.54 Å². The lowest BCUT2D eigenvalue weighted by Crippen LogP contribution is -2.07. The minimum Gasteiger partial charge on any atom is -0.434 e. The van der Waals surface area contributed by atoms with Gasteiger partial charge in [0.25, 0.3) is 0 Å². The minimum atomic E-state index is -2.86. The lowest BCUT2D eigenvalue weighted by molar-refractivity contribution is -0.0504. The fourth-order valence-corrected chi connectivity index (χ4v) is 2.10. The average Bonchev–Trinajstić information content (AvgIpc) is 2.82. The Kier molecular flexibility index (Phi) is 4.33. The van der Waals surface area contributed by atoms with Gasteiger partial charge in [-0.1, -0.05) is 11.6 Å². The molecule has 0 unspecified atom stereocenters. The van der Waals surface area contributed by atoms with Crippen LogP contribution in [0.2, 0.25) is 5.02 Å². The summed E-state index contributed by atoms with van der Waals surface area (Å²) in [6.07, 6.45) is 1.65. The van der Waals surface area contributed by atoms with Gasteiger partial charge in [-0.15, -0.1) is 11.3 Å². The van der Waals surface area contributed by atoms with Crippen molar-refractivity contribution in [2.45, 2.75) is 13.2 Å². The average molecular weight is 291 g/mol. The van der Waals surface area contributed by atoms with E-state index in [4.69, 9.17) is 11.6 Å². The number of thiazole rings is 1. The molecule has 2 rings (SSSR count). The van der Waals surface area contributed by atoms with Gasteiger partial charge in [-0.2, -0.15) is 8.78 Å². The number of alkyl halides is 2. The monoisotopic (exact) mass is 290 g/mol. The van der Waals surface area contributed by atoms with Crippen LogP contribution in [0.15, 0.2) is 29.8 Å². The summed E-state index contributed by atoms with van der Waals surface area (Å²) in [7, 11) is 0. The van der Waals surface area contributed by atoms with Crippen LogP contribution in [-0.4, -0.2) is 11.6 Å². The second-order valence-electron chi connectivity index (χ2n) is 3.32. The molecular weight excluding hydrogens is 282 g/mol. The summed E-state index contributed by atoms with van der Waals surface area (Å²) in [5, 5.41) is 5.99. The Labute approximate surface area is 111 Å². The standard InChI is InChI=1S/C11H9ClF2N2OS/c12-8-1-2-9(17-10(13)14)7(5-8)6-16-11-15-3-4-18-11/h1-5,10H,6H2,(H,15,16). The molecule has 0 bridgehead atoms. The second kappa shape index (κ2) is 5.97. The van der Waals surface area contributed by atoms with Gasteiger partial charge in [0, 0.05) is 28.7 Å². The van der Waals surface area contributed by atoms with E-state index >= 15 is 0 Å². The lowest BCUT2D eigenvalue weighted by Gasteiger charge is -2.11. The Morgan fingerprint density at radius 3 is 2.94 bits per heavy atom. The number of benzene rings is 1. The van der Waals surface area contributed by atoms with Crippen molar-refractivity contribution in [3.05, 3.63) is 40.4 Å². The highest BCUT2D eigenvalue weighted by Gasteiger charge is 2.10. The van der Waals surface area contributed by atoms with E-state index in [-0.39, 0.29) is 5.75 Å². The number of anilines is 1. The van der Waals surface area contributed by atoms with Crippen molar-refractivity contribution in [1.82, 2.24) is 4.98 Å². The molecule has 2 aromatic rings. The van der Waals surface area contributed by atoms with Crippen LogP contribution in [0.3, 0.4) is 0 Å². The van der Waals surface area contributed by atoms with Gasteiger partial charge in [-0.05, 0) is 18.2 Å². The third-order valence-electron chi connectivity index (χ3n) is 2.10. The van der Waals surface area contributed by atoms with Gasteiger partial charge in [0.1, 0.15) is 5.75 Å². The largest absolute Gasteiger partial charge is 0.434 e. The summed E-state index contributed by atoms with van der Waals surface area (Å²) in [6.45, 7) is -2.54. The molecule has 0 atom stereocenters. The van der Waals surface area contributed by atoms with E-state index in [0.717, 1.165) is 0 Å². The molecule has 0 saturated heterocycles. The number of halogens is 3. The van der Waals surface area contributed by atoms with Gasteiger partial charge < -0.3 is 10.1 Å². The van der Waals surface area contributed by atoms with Crippen LogP contribution < -0.4 is 10.1 Å². The van der Waals surface area contributed by atoms with Crippen LogP contribution in [0.1, 0.15) is 5.56 Å². The molecule has 1 aromatic carbocycles. The van der Waals surface area contributed by atoms with Crippen molar-refractivity contribution in [3.63, 3.8) is 0 Å². The highest BCUT2D eigenvalue weighted by Crippen LogP contribution is 2.25. The van der Waals surface area contributed by atoms with Gasteiger partial charge in [0.15, 0.2) is 5.13 Å². The van der Waals surface area contributed by atoms with Gasteiger partial charge in [-0.3, -0.25) is 0 Å². The number of hydrogen-bond acceptors (Lipinski definition) is 4. The second-order valence-corrected chi connectivity index (χ2v) is 4.65. The molecule has 7 heteroatoms. The molecule has 0 spiro atoms. The maximum Gasteiger partial charge on any atom is 0.387 e. The predicted molar refractivity (Wildman–Crippen MR) is 67.5 cm³/mol. The van der Waals surface area contributed by atoms with Crippen molar-refractivity contribution < 1.29 is 13.5 Å². The van der Waals surface area contributed by atoms with Crippen molar-refractivity contribution in [3.8, 4) is 5.75 Å². The number of ether oxygens (including phenoxy) is 1. The lowest BCUT2D eigenvalue weighted by atomic mass is 10.2. The third kappa shape index (κ3) is 3.54. The first kappa shape index (κ1) is 13.0. The van der Waals surface area contributed by atoms with E-state index < -0.39 is 6.61 Å². The third-order valence-corrected chi connectivity index (χ3v) is 3.07. The minimum absolute atomic E-state index is 0.110. The van der Waals surface area contributed by atoms with E-state index in [1.807, 2.05) is 5.38 Å². The molecule has 0 radical (unpaired) electrons. The first-order chi connectivity index (χ1) is 8.65.